The molecule has 1 aromatic carbocycles. The molecular weight excluding hydrogens is 273 g/mol. The maximum absolute atomic E-state index is 13.7. The number of carbonyl (C=O) groups is 1. The third-order valence-corrected chi connectivity index (χ3v) is 2.74. The van der Waals surface area contributed by atoms with E-state index in [1.807, 2.05) is 0 Å². The number of aromatic nitrogens is 2. The number of nitrogens with zero attached hydrogens (tertiary/aromatic N) is 2. The molecule has 1 heterocycles. The third-order valence-electron chi connectivity index (χ3n) is 2.43. The summed E-state index contributed by atoms with van der Waals surface area (Å²) in [7, 11) is 0. The van der Waals surface area contributed by atoms with Crippen molar-refractivity contribution in [3.63, 3.8) is 0 Å². The molecule has 0 spiro atoms. The van der Waals surface area contributed by atoms with E-state index in [2.05, 4.69) is 15.3 Å². The van der Waals surface area contributed by atoms with Crippen LogP contribution in [0.3, 0.4) is 0 Å². The molecule has 1 aromatic heterocycles. The summed E-state index contributed by atoms with van der Waals surface area (Å²) in [5.74, 6) is -1.69. The molecule has 19 heavy (non-hydrogen) atoms. The summed E-state index contributed by atoms with van der Waals surface area (Å²) in [5, 5.41) is 11.6. The number of anilines is 2. The topological polar surface area (TPSA) is 75.1 Å². The van der Waals surface area contributed by atoms with Crippen LogP contribution in [0.5, 0.6) is 0 Å². The van der Waals surface area contributed by atoms with Gasteiger partial charge in [0.2, 0.25) is 0 Å². The van der Waals surface area contributed by atoms with Gasteiger partial charge in [0.25, 0.3) is 0 Å². The quantitative estimate of drug-likeness (QED) is 0.904. The number of aromatic carboxylic acids is 1. The number of hydrogen-bond donors (Lipinski definition) is 2. The van der Waals surface area contributed by atoms with Crippen LogP contribution >= 0.6 is 11.6 Å². The molecule has 0 aliphatic heterocycles. The fraction of sp³-hybridized carbons (Fsp3) is 0.0833. The molecule has 0 radical (unpaired) electrons. The fourth-order valence-electron chi connectivity index (χ4n) is 1.45. The van der Waals surface area contributed by atoms with Crippen molar-refractivity contribution in [1.82, 2.24) is 9.97 Å². The van der Waals surface area contributed by atoms with Gasteiger partial charge in [0.05, 0.1) is 16.3 Å². The van der Waals surface area contributed by atoms with E-state index in [1.54, 1.807) is 0 Å². The summed E-state index contributed by atoms with van der Waals surface area (Å²) in [6.45, 7) is 1.52. The molecule has 0 atom stereocenters. The number of aryl methyl sites for hydroxylation is 1. The Morgan fingerprint density at radius 1 is 1.42 bits per heavy atom. The lowest BCUT2D eigenvalue weighted by Gasteiger charge is -2.08. The molecular formula is C12H9ClFN3O2. The van der Waals surface area contributed by atoms with E-state index < -0.39 is 11.8 Å². The summed E-state index contributed by atoms with van der Waals surface area (Å²) in [4.78, 5) is 18.3. The molecule has 2 N–H and O–H groups in total. The van der Waals surface area contributed by atoms with Crippen LogP contribution in [-0.2, 0) is 0 Å². The van der Waals surface area contributed by atoms with Crippen LogP contribution < -0.4 is 5.32 Å². The maximum Gasteiger partial charge on any atom is 0.337 e. The molecule has 0 saturated carbocycles. The molecule has 0 aliphatic carbocycles. The van der Waals surface area contributed by atoms with Crippen LogP contribution in [-0.4, -0.2) is 21.0 Å². The highest BCUT2D eigenvalue weighted by Crippen LogP contribution is 2.24. The summed E-state index contributed by atoms with van der Waals surface area (Å²) >= 11 is 5.81. The Morgan fingerprint density at radius 2 is 2.16 bits per heavy atom. The molecule has 2 rings (SSSR count). The Balaban J connectivity index is 2.32. The molecule has 0 unspecified atom stereocenters. The average molecular weight is 282 g/mol. The molecule has 0 fully saturated rings. The number of halogens is 2. The molecule has 0 amide bonds. The fourth-order valence-corrected chi connectivity index (χ4v) is 1.71. The molecule has 2 aromatic rings. The third kappa shape index (κ3) is 2.79. The highest BCUT2D eigenvalue weighted by Gasteiger charge is 2.11. The standard InChI is InChI=1S/C12H9ClFN3O2/c1-6-10(14)11(16-5-15-6)17-7-2-3-8(12(18)19)9(13)4-7/h2-5H,1H3,(H,18,19)(H,15,16,17). The highest BCUT2D eigenvalue weighted by atomic mass is 35.5. The van der Waals surface area contributed by atoms with Crippen molar-refractivity contribution in [3.8, 4) is 0 Å². The lowest BCUT2D eigenvalue weighted by molar-refractivity contribution is 0.0697. The van der Waals surface area contributed by atoms with E-state index in [4.69, 9.17) is 16.7 Å². The maximum atomic E-state index is 13.7. The Kier molecular flexibility index (Phi) is 3.62. The highest BCUT2D eigenvalue weighted by molar-refractivity contribution is 6.33. The van der Waals surface area contributed by atoms with Gasteiger partial charge in [-0.3, -0.25) is 0 Å². The van der Waals surface area contributed by atoms with Gasteiger partial charge in [0.1, 0.15) is 6.33 Å². The van der Waals surface area contributed by atoms with Crippen LogP contribution in [0.2, 0.25) is 5.02 Å². The molecule has 98 valence electrons. The second-order valence-corrected chi connectivity index (χ2v) is 4.15. The zero-order valence-electron chi connectivity index (χ0n) is 9.82. The van der Waals surface area contributed by atoms with E-state index in [-0.39, 0.29) is 22.1 Å². The minimum Gasteiger partial charge on any atom is -0.478 e. The van der Waals surface area contributed by atoms with Crippen molar-refractivity contribution in [2.45, 2.75) is 6.92 Å². The zero-order chi connectivity index (χ0) is 14.0. The van der Waals surface area contributed by atoms with E-state index >= 15 is 0 Å². The normalized spacial score (nSPS) is 10.3. The number of nitrogens with one attached hydrogen (secondary N) is 1. The van der Waals surface area contributed by atoms with Gasteiger partial charge < -0.3 is 10.4 Å². The van der Waals surface area contributed by atoms with Crippen molar-refractivity contribution < 1.29 is 14.3 Å². The van der Waals surface area contributed by atoms with Crippen molar-refractivity contribution in [2.75, 3.05) is 5.32 Å². The Labute approximate surface area is 113 Å². The van der Waals surface area contributed by atoms with Gasteiger partial charge in [0, 0.05) is 5.69 Å². The minimum absolute atomic E-state index is 0.00615. The predicted molar refractivity (Wildman–Crippen MR) is 68.4 cm³/mol. The lowest BCUT2D eigenvalue weighted by atomic mass is 10.2. The van der Waals surface area contributed by atoms with Crippen molar-refractivity contribution in [1.29, 1.82) is 0 Å². The summed E-state index contributed by atoms with van der Waals surface area (Å²) in [5.41, 5.74) is 0.629. The van der Waals surface area contributed by atoms with E-state index in [0.717, 1.165) is 0 Å². The van der Waals surface area contributed by atoms with Crippen LogP contribution in [0.1, 0.15) is 16.1 Å². The molecule has 0 aliphatic rings. The number of hydrogen-bond acceptors (Lipinski definition) is 4. The van der Waals surface area contributed by atoms with Crippen molar-refractivity contribution in [2.24, 2.45) is 0 Å². The average Bonchev–Trinajstić information content (AvgIpc) is 2.34. The van der Waals surface area contributed by atoms with Gasteiger partial charge in [-0.1, -0.05) is 11.6 Å². The number of carboxylic acids is 1. The van der Waals surface area contributed by atoms with Gasteiger partial charge in [-0.25, -0.2) is 19.2 Å². The monoisotopic (exact) mass is 281 g/mol. The van der Waals surface area contributed by atoms with Crippen LogP contribution in [0.25, 0.3) is 0 Å². The largest absolute Gasteiger partial charge is 0.478 e. The Hall–Kier alpha value is -2.21. The molecule has 0 saturated heterocycles. The lowest BCUT2D eigenvalue weighted by Crippen LogP contribution is -2.02. The van der Waals surface area contributed by atoms with Crippen molar-refractivity contribution >= 4 is 29.1 Å². The van der Waals surface area contributed by atoms with E-state index in [1.165, 1.54) is 31.5 Å². The van der Waals surface area contributed by atoms with E-state index in [9.17, 15) is 9.18 Å². The van der Waals surface area contributed by atoms with Crippen LogP contribution in [0, 0.1) is 12.7 Å². The van der Waals surface area contributed by atoms with Crippen LogP contribution in [0.4, 0.5) is 15.9 Å². The number of carboxylic acid groups (broad SMARTS) is 1. The first kappa shape index (κ1) is 13.2. The van der Waals surface area contributed by atoms with Crippen LogP contribution in [0.15, 0.2) is 24.5 Å². The Morgan fingerprint density at radius 3 is 2.79 bits per heavy atom. The first-order chi connectivity index (χ1) is 8.99. The first-order valence-electron chi connectivity index (χ1n) is 5.26. The van der Waals surface area contributed by atoms with E-state index in [0.29, 0.717) is 5.69 Å². The molecule has 7 heteroatoms. The second kappa shape index (κ2) is 5.19. The van der Waals surface area contributed by atoms with Crippen molar-refractivity contribution in [3.05, 3.63) is 46.6 Å². The zero-order valence-corrected chi connectivity index (χ0v) is 10.6. The predicted octanol–water partition coefficient (Wildman–Crippen LogP) is 3.02. The molecule has 5 nitrogen and oxygen atoms in total. The van der Waals surface area contributed by atoms with Gasteiger partial charge in [-0.05, 0) is 25.1 Å². The summed E-state index contributed by atoms with van der Waals surface area (Å²) in [6.07, 6.45) is 1.23. The summed E-state index contributed by atoms with van der Waals surface area (Å²) < 4.78 is 13.7. The molecule has 0 bridgehead atoms. The number of benzene rings is 1. The number of rotatable bonds is 3. The smallest absolute Gasteiger partial charge is 0.337 e. The minimum atomic E-state index is -1.12. The summed E-state index contributed by atoms with van der Waals surface area (Å²) in [6, 6.07) is 4.20. The van der Waals surface area contributed by atoms with Gasteiger partial charge >= 0.3 is 5.97 Å². The first-order valence-corrected chi connectivity index (χ1v) is 5.64. The van der Waals surface area contributed by atoms with Gasteiger partial charge in [-0.15, -0.1) is 0 Å². The van der Waals surface area contributed by atoms with Gasteiger partial charge in [0.15, 0.2) is 11.6 Å². The SMILES string of the molecule is Cc1ncnc(Nc2ccc(C(=O)O)c(Cl)c2)c1F. The Bertz CT molecular complexity index is 649. The van der Waals surface area contributed by atoms with Gasteiger partial charge in [-0.2, -0.15) is 0 Å². The second-order valence-electron chi connectivity index (χ2n) is 3.75.